The molecule has 4 heteroatoms. The number of hydrogen-bond acceptors (Lipinski definition) is 2. The van der Waals surface area contributed by atoms with Crippen LogP contribution in [0, 0.1) is 12.8 Å². The van der Waals surface area contributed by atoms with Crippen LogP contribution in [0.15, 0.2) is 23.2 Å². The molecule has 1 fully saturated rings. The van der Waals surface area contributed by atoms with Gasteiger partial charge >= 0.3 is 0 Å². The number of rotatable bonds is 6. The quantitative estimate of drug-likeness (QED) is 0.619. The molecule has 2 N–H and O–H groups in total. The second-order valence-corrected chi connectivity index (χ2v) is 5.32. The van der Waals surface area contributed by atoms with Crippen molar-refractivity contribution in [2.24, 2.45) is 10.9 Å². The molecule has 1 saturated carbocycles. The van der Waals surface area contributed by atoms with Gasteiger partial charge in [-0.3, -0.25) is 0 Å². The molecular weight excluding hydrogens is 250 g/mol. The van der Waals surface area contributed by atoms with Crippen LogP contribution < -0.4 is 15.4 Å². The molecule has 1 aliphatic carbocycles. The minimum absolute atomic E-state index is 0.663. The van der Waals surface area contributed by atoms with E-state index in [4.69, 9.17) is 4.74 Å². The van der Waals surface area contributed by atoms with Crippen molar-refractivity contribution in [3.63, 3.8) is 0 Å². The molecule has 0 spiro atoms. The SMILES string of the molecule is CCNC(=NCc1ccc(C)c(OC)c1)NCC1CC1. The maximum atomic E-state index is 5.35. The predicted molar refractivity (Wildman–Crippen MR) is 83.3 cm³/mol. The highest BCUT2D eigenvalue weighted by atomic mass is 16.5. The number of aryl methyl sites for hydroxylation is 1. The Labute approximate surface area is 121 Å². The molecule has 0 saturated heterocycles. The average Bonchev–Trinajstić information content (AvgIpc) is 3.27. The van der Waals surface area contributed by atoms with E-state index in [2.05, 4.69) is 40.7 Å². The minimum Gasteiger partial charge on any atom is -0.496 e. The summed E-state index contributed by atoms with van der Waals surface area (Å²) in [6.45, 7) is 6.71. The normalized spacial score (nSPS) is 15.1. The third kappa shape index (κ3) is 4.44. The molecule has 0 radical (unpaired) electrons. The number of hydrogen-bond donors (Lipinski definition) is 2. The molecule has 2 rings (SSSR count). The minimum atomic E-state index is 0.663. The van der Waals surface area contributed by atoms with E-state index >= 15 is 0 Å². The average molecular weight is 275 g/mol. The summed E-state index contributed by atoms with van der Waals surface area (Å²) in [6, 6.07) is 6.24. The number of nitrogens with zero attached hydrogens (tertiary/aromatic N) is 1. The number of nitrogens with one attached hydrogen (secondary N) is 2. The predicted octanol–water partition coefficient (Wildman–Crippen LogP) is 2.47. The lowest BCUT2D eigenvalue weighted by atomic mass is 10.1. The van der Waals surface area contributed by atoms with Crippen LogP contribution in [0.1, 0.15) is 30.9 Å². The number of ether oxygens (including phenoxy) is 1. The first-order chi connectivity index (χ1) is 9.72. The Morgan fingerprint density at radius 2 is 2.15 bits per heavy atom. The van der Waals surface area contributed by atoms with Gasteiger partial charge < -0.3 is 15.4 Å². The van der Waals surface area contributed by atoms with E-state index in [0.717, 1.165) is 41.8 Å². The van der Waals surface area contributed by atoms with Gasteiger partial charge in [0, 0.05) is 13.1 Å². The van der Waals surface area contributed by atoms with Gasteiger partial charge in [-0.2, -0.15) is 0 Å². The van der Waals surface area contributed by atoms with Gasteiger partial charge in [-0.05, 0) is 49.8 Å². The third-order valence-corrected chi connectivity index (χ3v) is 3.49. The summed E-state index contributed by atoms with van der Waals surface area (Å²) in [5.41, 5.74) is 2.31. The molecule has 1 aliphatic rings. The van der Waals surface area contributed by atoms with E-state index in [1.807, 2.05) is 6.92 Å². The highest BCUT2D eigenvalue weighted by molar-refractivity contribution is 5.79. The maximum Gasteiger partial charge on any atom is 0.191 e. The second-order valence-electron chi connectivity index (χ2n) is 5.32. The van der Waals surface area contributed by atoms with Crippen molar-refractivity contribution in [3.8, 4) is 5.75 Å². The van der Waals surface area contributed by atoms with Gasteiger partial charge in [-0.25, -0.2) is 4.99 Å². The molecule has 0 atom stereocenters. The lowest BCUT2D eigenvalue weighted by Crippen LogP contribution is -2.38. The summed E-state index contributed by atoms with van der Waals surface area (Å²) in [4.78, 5) is 4.63. The molecule has 0 heterocycles. The molecule has 110 valence electrons. The Hall–Kier alpha value is -1.71. The molecule has 0 aromatic heterocycles. The van der Waals surface area contributed by atoms with Gasteiger partial charge in [0.25, 0.3) is 0 Å². The van der Waals surface area contributed by atoms with Crippen molar-refractivity contribution in [1.29, 1.82) is 0 Å². The van der Waals surface area contributed by atoms with Crippen LogP contribution in [-0.4, -0.2) is 26.2 Å². The number of guanidine groups is 1. The zero-order valence-electron chi connectivity index (χ0n) is 12.7. The first-order valence-corrected chi connectivity index (χ1v) is 7.38. The first-order valence-electron chi connectivity index (χ1n) is 7.38. The monoisotopic (exact) mass is 275 g/mol. The van der Waals surface area contributed by atoms with Crippen molar-refractivity contribution >= 4 is 5.96 Å². The summed E-state index contributed by atoms with van der Waals surface area (Å²) >= 11 is 0. The zero-order chi connectivity index (χ0) is 14.4. The highest BCUT2D eigenvalue weighted by Crippen LogP contribution is 2.27. The maximum absolute atomic E-state index is 5.35. The van der Waals surface area contributed by atoms with Crippen molar-refractivity contribution in [3.05, 3.63) is 29.3 Å². The summed E-state index contributed by atoms with van der Waals surface area (Å²) < 4.78 is 5.35. The van der Waals surface area contributed by atoms with Crippen LogP contribution in [0.2, 0.25) is 0 Å². The first kappa shape index (κ1) is 14.7. The third-order valence-electron chi connectivity index (χ3n) is 3.49. The van der Waals surface area contributed by atoms with Gasteiger partial charge in [0.2, 0.25) is 0 Å². The molecule has 4 nitrogen and oxygen atoms in total. The fraction of sp³-hybridized carbons (Fsp3) is 0.562. The summed E-state index contributed by atoms with van der Waals surface area (Å²) in [7, 11) is 1.71. The van der Waals surface area contributed by atoms with Crippen LogP contribution in [-0.2, 0) is 6.54 Å². The summed E-state index contributed by atoms with van der Waals surface area (Å²) in [5.74, 6) is 2.67. The van der Waals surface area contributed by atoms with E-state index in [9.17, 15) is 0 Å². The van der Waals surface area contributed by atoms with Crippen molar-refractivity contribution in [2.45, 2.75) is 33.2 Å². The van der Waals surface area contributed by atoms with E-state index in [1.54, 1.807) is 7.11 Å². The lowest BCUT2D eigenvalue weighted by Gasteiger charge is -2.11. The standard InChI is InChI=1S/C16H25N3O/c1-4-17-16(18-10-13-7-8-13)19-11-14-6-5-12(2)15(9-14)20-3/h5-6,9,13H,4,7-8,10-11H2,1-3H3,(H2,17,18,19). The van der Waals surface area contributed by atoms with Crippen LogP contribution in [0.4, 0.5) is 0 Å². The lowest BCUT2D eigenvalue weighted by molar-refractivity contribution is 0.411. The topological polar surface area (TPSA) is 45.7 Å². The van der Waals surface area contributed by atoms with Crippen molar-refractivity contribution < 1.29 is 4.74 Å². The molecule has 0 amide bonds. The van der Waals surface area contributed by atoms with E-state index in [1.165, 1.54) is 12.8 Å². The number of benzene rings is 1. The smallest absolute Gasteiger partial charge is 0.191 e. The molecule has 0 bridgehead atoms. The van der Waals surface area contributed by atoms with E-state index < -0.39 is 0 Å². The number of methoxy groups -OCH3 is 1. The summed E-state index contributed by atoms with van der Waals surface area (Å²) in [6.07, 6.45) is 2.70. The highest BCUT2D eigenvalue weighted by Gasteiger charge is 2.20. The van der Waals surface area contributed by atoms with Gasteiger partial charge in [-0.15, -0.1) is 0 Å². The second kappa shape index (κ2) is 7.17. The van der Waals surface area contributed by atoms with Crippen LogP contribution in [0.3, 0.4) is 0 Å². The molecule has 0 unspecified atom stereocenters. The summed E-state index contributed by atoms with van der Waals surface area (Å²) in [5, 5.41) is 6.68. The molecule has 20 heavy (non-hydrogen) atoms. The Morgan fingerprint density at radius 3 is 2.80 bits per heavy atom. The molecule has 1 aromatic rings. The fourth-order valence-corrected chi connectivity index (χ4v) is 2.04. The van der Waals surface area contributed by atoms with Gasteiger partial charge in [0.1, 0.15) is 5.75 Å². The van der Waals surface area contributed by atoms with Gasteiger partial charge in [0.05, 0.1) is 13.7 Å². The largest absolute Gasteiger partial charge is 0.496 e. The van der Waals surface area contributed by atoms with E-state index in [0.29, 0.717) is 6.54 Å². The van der Waals surface area contributed by atoms with Crippen LogP contribution in [0.25, 0.3) is 0 Å². The van der Waals surface area contributed by atoms with Crippen molar-refractivity contribution in [2.75, 3.05) is 20.2 Å². The molecular formula is C16H25N3O. The Bertz CT molecular complexity index is 467. The Kier molecular flexibility index (Phi) is 5.27. The van der Waals surface area contributed by atoms with Crippen molar-refractivity contribution in [1.82, 2.24) is 10.6 Å². The number of aliphatic imine (C=N–C) groups is 1. The van der Waals surface area contributed by atoms with E-state index in [-0.39, 0.29) is 0 Å². The molecule has 1 aromatic carbocycles. The Morgan fingerprint density at radius 1 is 1.35 bits per heavy atom. The van der Waals surface area contributed by atoms with Gasteiger partial charge in [-0.1, -0.05) is 12.1 Å². The Balaban J connectivity index is 1.95. The van der Waals surface area contributed by atoms with Crippen LogP contribution >= 0.6 is 0 Å². The van der Waals surface area contributed by atoms with Crippen LogP contribution in [0.5, 0.6) is 5.75 Å². The fourth-order valence-electron chi connectivity index (χ4n) is 2.04. The zero-order valence-corrected chi connectivity index (χ0v) is 12.7. The molecule has 0 aliphatic heterocycles. The van der Waals surface area contributed by atoms with Gasteiger partial charge in [0.15, 0.2) is 5.96 Å².